The maximum Gasteiger partial charge on any atom is 0.361 e. The average molecular weight is 1100 g/mol. The first-order chi connectivity index (χ1) is 38.6. The fourth-order valence-electron chi connectivity index (χ4n) is 8.42. The van der Waals surface area contributed by atoms with Gasteiger partial charge in [0.15, 0.2) is 6.10 Å². The SMILES string of the molecule is CC/C=C\C/C=C\C/C=C\C/C=C\C/C=C\CCCCCCCCCCCCCCCCCCCCCC(=O)OC(COC(=O)CCCCC/C=C\C/C=C\C/C=C\C/C=C\C/C=C\CC)COC(OCC[N+](C)(C)C)C(=O)O. The van der Waals surface area contributed by atoms with Gasteiger partial charge in [0.1, 0.15) is 13.2 Å². The summed E-state index contributed by atoms with van der Waals surface area (Å²) in [6.45, 7) is 4.61. The number of nitrogens with zero attached hydrogens (tertiary/aromatic N) is 1. The number of aliphatic carboxylic acids is 1. The maximum atomic E-state index is 12.9. The van der Waals surface area contributed by atoms with Crippen molar-refractivity contribution >= 4 is 17.9 Å². The lowest BCUT2D eigenvalue weighted by Crippen LogP contribution is -2.40. The number of carboxylic acid groups (broad SMARTS) is 1. The largest absolute Gasteiger partial charge is 0.477 e. The fourth-order valence-corrected chi connectivity index (χ4v) is 8.42. The van der Waals surface area contributed by atoms with Crippen molar-refractivity contribution in [2.45, 2.75) is 257 Å². The number of quaternary nitrogens is 1. The summed E-state index contributed by atoms with van der Waals surface area (Å²) in [6.07, 6.45) is 81.6. The van der Waals surface area contributed by atoms with Gasteiger partial charge in [-0.3, -0.25) is 9.59 Å². The molecule has 0 heterocycles. The normalized spacial score (nSPS) is 13.6. The summed E-state index contributed by atoms with van der Waals surface area (Å²) in [4.78, 5) is 37.5. The number of esters is 2. The maximum absolute atomic E-state index is 12.9. The lowest BCUT2D eigenvalue weighted by Gasteiger charge is -2.25. The Morgan fingerprint density at radius 2 is 0.684 bits per heavy atom. The summed E-state index contributed by atoms with van der Waals surface area (Å²) in [5.74, 6) is -2.05. The van der Waals surface area contributed by atoms with Crippen LogP contribution in [0.15, 0.2) is 122 Å². The molecule has 2 atom stereocenters. The zero-order valence-electron chi connectivity index (χ0n) is 51.2. The molecule has 1 N–H and O–H groups in total. The number of ether oxygens (including phenoxy) is 4. The van der Waals surface area contributed by atoms with Crippen LogP contribution in [0.5, 0.6) is 0 Å². The molecule has 0 aliphatic carbocycles. The fraction of sp³-hybridized carbons (Fsp3) is 0.671. The Labute approximate surface area is 485 Å². The standard InChI is InChI=1S/C70H117NO8/c1-6-8-10-12-14-16-18-20-22-24-26-27-28-29-30-31-32-33-34-35-36-37-38-39-40-41-43-45-47-49-51-53-55-57-59-61-68(73)79-66(65-78-70(69(74)75)76-63-62-71(3,4)5)64-77-67(72)60-58-56-54-52-50-48-46-44-42-25-23-21-19-17-15-13-11-9-7-2/h8-11,14-17,20-23,26-27,29-30,42,44,48,50,66,70H,6-7,12-13,18-19,24-25,28,31-41,43,45-47,49,51-65H2,1-5H3/p+1/b10-8-,11-9-,16-14-,17-15-,22-20-,23-21-,27-26-,30-29-,44-42-,50-48-. The van der Waals surface area contributed by atoms with E-state index in [2.05, 4.69) is 135 Å². The highest BCUT2D eigenvalue weighted by molar-refractivity contribution is 5.71. The summed E-state index contributed by atoms with van der Waals surface area (Å²) < 4.78 is 22.9. The molecule has 0 aliphatic heterocycles. The third kappa shape index (κ3) is 61.2. The quantitative estimate of drug-likeness (QED) is 0.0211. The first kappa shape index (κ1) is 74.7. The van der Waals surface area contributed by atoms with E-state index < -0.39 is 24.3 Å². The van der Waals surface area contributed by atoms with E-state index in [0.717, 1.165) is 96.3 Å². The second-order valence-electron chi connectivity index (χ2n) is 22.0. The van der Waals surface area contributed by atoms with Crippen molar-refractivity contribution in [1.82, 2.24) is 0 Å². The van der Waals surface area contributed by atoms with E-state index in [9.17, 15) is 19.5 Å². The van der Waals surface area contributed by atoms with Crippen LogP contribution < -0.4 is 0 Å². The van der Waals surface area contributed by atoms with Gasteiger partial charge in [-0.2, -0.15) is 0 Å². The van der Waals surface area contributed by atoms with Crippen LogP contribution in [-0.2, 0) is 33.3 Å². The number of carboxylic acids is 1. The molecule has 0 amide bonds. The van der Waals surface area contributed by atoms with Gasteiger partial charge in [-0.05, 0) is 103 Å². The lowest BCUT2D eigenvalue weighted by atomic mass is 10.0. The van der Waals surface area contributed by atoms with E-state index in [4.69, 9.17) is 18.9 Å². The molecular formula is C70H118NO8+. The van der Waals surface area contributed by atoms with Crippen LogP contribution in [0.3, 0.4) is 0 Å². The van der Waals surface area contributed by atoms with Crippen LogP contribution in [0.25, 0.3) is 0 Å². The average Bonchev–Trinajstić information content (AvgIpc) is 3.42. The third-order valence-electron chi connectivity index (χ3n) is 13.2. The molecule has 0 rings (SSSR count). The van der Waals surface area contributed by atoms with Gasteiger partial charge >= 0.3 is 17.9 Å². The van der Waals surface area contributed by atoms with E-state index in [0.29, 0.717) is 23.9 Å². The van der Waals surface area contributed by atoms with Gasteiger partial charge in [-0.15, -0.1) is 0 Å². The Hall–Kier alpha value is -4.31. The first-order valence-corrected chi connectivity index (χ1v) is 31.7. The number of unbranched alkanes of at least 4 members (excludes halogenated alkanes) is 22. The summed E-state index contributed by atoms with van der Waals surface area (Å²) in [5.41, 5.74) is 0. The van der Waals surface area contributed by atoms with Crippen molar-refractivity contribution < 1.29 is 42.9 Å². The second kappa shape index (κ2) is 59.8. The molecule has 2 unspecified atom stereocenters. The van der Waals surface area contributed by atoms with Gasteiger partial charge < -0.3 is 28.5 Å². The van der Waals surface area contributed by atoms with Crippen molar-refractivity contribution in [2.75, 3.05) is 47.5 Å². The highest BCUT2D eigenvalue weighted by Crippen LogP contribution is 2.16. The molecule has 0 fully saturated rings. The van der Waals surface area contributed by atoms with Crippen molar-refractivity contribution in [3.05, 3.63) is 122 Å². The highest BCUT2D eigenvalue weighted by Gasteiger charge is 2.25. The Kier molecular flexibility index (Phi) is 56.5. The minimum absolute atomic E-state index is 0.177. The predicted molar refractivity (Wildman–Crippen MR) is 336 cm³/mol. The van der Waals surface area contributed by atoms with Crippen molar-refractivity contribution in [1.29, 1.82) is 0 Å². The number of carbonyl (C=O) groups excluding carboxylic acids is 2. The summed E-state index contributed by atoms with van der Waals surface area (Å²) >= 11 is 0. The van der Waals surface area contributed by atoms with Crippen LogP contribution in [0.1, 0.15) is 245 Å². The van der Waals surface area contributed by atoms with Crippen LogP contribution in [0.2, 0.25) is 0 Å². The van der Waals surface area contributed by atoms with Crippen LogP contribution in [0.4, 0.5) is 0 Å². The number of rotatable bonds is 57. The Morgan fingerprint density at radius 1 is 0.380 bits per heavy atom. The molecule has 0 aromatic rings. The monoisotopic (exact) mass is 1100 g/mol. The molecular weight excluding hydrogens is 983 g/mol. The molecule has 0 aromatic carbocycles. The molecule has 0 spiro atoms. The molecule has 0 aromatic heterocycles. The molecule has 9 nitrogen and oxygen atoms in total. The topological polar surface area (TPSA) is 108 Å². The van der Waals surface area contributed by atoms with Crippen molar-refractivity contribution in [3.63, 3.8) is 0 Å². The van der Waals surface area contributed by atoms with Crippen LogP contribution >= 0.6 is 0 Å². The molecule has 450 valence electrons. The van der Waals surface area contributed by atoms with Gasteiger partial charge in [-0.1, -0.05) is 251 Å². The number of carbonyl (C=O) groups is 3. The molecule has 0 saturated carbocycles. The third-order valence-corrected chi connectivity index (χ3v) is 13.2. The molecule has 0 saturated heterocycles. The van der Waals surface area contributed by atoms with Crippen LogP contribution in [0, 0.1) is 0 Å². The number of hydrogen-bond acceptors (Lipinski definition) is 7. The summed E-state index contributed by atoms with van der Waals surface area (Å²) in [5, 5.41) is 9.72. The van der Waals surface area contributed by atoms with E-state index in [-0.39, 0.29) is 38.6 Å². The van der Waals surface area contributed by atoms with E-state index in [1.54, 1.807) is 0 Å². The Morgan fingerprint density at radius 3 is 1.03 bits per heavy atom. The minimum atomic E-state index is -1.52. The van der Waals surface area contributed by atoms with Gasteiger partial charge in [0.25, 0.3) is 6.29 Å². The smallest absolute Gasteiger partial charge is 0.361 e. The number of likely N-dealkylation sites (N-methyl/N-ethyl adjacent to an activating group) is 1. The summed E-state index contributed by atoms with van der Waals surface area (Å²) in [7, 11) is 5.96. The second-order valence-corrected chi connectivity index (χ2v) is 22.0. The summed E-state index contributed by atoms with van der Waals surface area (Å²) in [6, 6.07) is 0. The van der Waals surface area contributed by atoms with E-state index in [1.165, 1.54) is 109 Å². The minimum Gasteiger partial charge on any atom is -0.477 e. The highest BCUT2D eigenvalue weighted by atomic mass is 16.7. The van der Waals surface area contributed by atoms with Crippen molar-refractivity contribution in [2.24, 2.45) is 0 Å². The van der Waals surface area contributed by atoms with Crippen molar-refractivity contribution in [3.8, 4) is 0 Å². The van der Waals surface area contributed by atoms with E-state index in [1.807, 2.05) is 21.1 Å². The molecule has 9 heteroatoms. The molecule has 0 radical (unpaired) electrons. The molecule has 0 bridgehead atoms. The lowest BCUT2D eigenvalue weighted by molar-refractivity contribution is -0.870. The Bertz CT molecular complexity index is 1710. The first-order valence-electron chi connectivity index (χ1n) is 31.7. The molecule has 79 heavy (non-hydrogen) atoms. The van der Waals surface area contributed by atoms with E-state index >= 15 is 0 Å². The molecule has 0 aliphatic rings. The zero-order chi connectivity index (χ0) is 57.6. The number of hydrogen-bond donors (Lipinski definition) is 1. The van der Waals surface area contributed by atoms with Gasteiger partial charge in [0, 0.05) is 12.8 Å². The van der Waals surface area contributed by atoms with Crippen LogP contribution in [-0.4, -0.2) is 87.4 Å². The van der Waals surface area contributed by atoms with Gasteiger partial charge in [0.05, 0.1) is 34.4 Å². The predicted octanol–water partition coefficient (Wildman–Crippen LogP) is 19.2. The Balaban J connectivity index is 4.14. The van der Waals surface area contributed by atoms with Gasteiger partial charge in [0.2, 0.25) is 0 Å². The zero-order valence-corrected chi connectivity index (χ0v) is 51.2. The van der Waals surface area contributed by atoms with Gasteiger partial charge in [-0.25, -0.2) is 4.79 Å². The number of allylic oxidation sites excluding steroid dienone is 20.